The Labute approximate surface area is 207 Å². The fourth-order valence-electron chi connectivity index (χ4n) is 4.52. The number of aliphatic hydroxyl groups is 2. The molecule has 3 aliphatic rings. The molecule has 5 N–H and O–H groups in total. The van der Waals surface area contributed by atoms with Gasteiger partial charge in [-0.05, 0) is 37.5 Å². The zero-order chi connectivity index (χ0) is 25.4. The van der Waals surface area contributed by atoms with Gasteiger partial charge in [0.25, 0.3) is 5.91 Å². The highest BCUT2D eigenvalue weighted by Gasteiger charge is 2.48. The van der Waals surface area contributed by atoms with Crippen LogP contribution in [-0.4, -0.2) is 91.2 Å². The van der Waals surface area contributed by atoms with Gasteiger partial charge in [0.15, 0.2) is 23.8 Å². The topological polar surface area (TPSA) is 178 Å². The number of hydrogen-bond donors (Lipinski definition) is 4. The molecule has 1 aliphatic carbocycles. The van der Waals surface area contributed by atoms with Crippen molar-refractivity contribution in [1.29, 1.82) is 0 Å². The summed E-state index contributed by atoms with van der Waals surface area (Å²) in [7, 11) is 1.38. The number of amides is 2. The summed E-state index contributed by atoms with van der Waals surface area (Å²) >= 11 is 0. The molecule has 5 rings (SSSR count). The number of likely N-dealkylation sites (tertiary alicyclic amines) is 1. The highest BCUT2D eigenvalue weighted by Crippen LogP contribution is 2.33. The van der Waals surface area contributed by atoms with E-state index < -0.39 is 30.4 Å². The van der Waals surface area contributed by atoms with Gasteiger partial charge in [0.2, 0.25) is 5.82 Å². The third kappa shape index (κ3) is 4.79. The fourth-order valence-corrected chi connectivity index (χ4v) is 4.52. The van der Waals surface area contributed by atoms with E-state index in [0.29, 0.717) is 30.9 Å². The lowest BCUT2D eigenvalue weighted by molar-refractivity contribution is -0.137. The second-order valence-electron chi connectivity index (χ2n) is 9.37. The van der Waals surface area contributed by atoms with Crippen molar-refractivity contribution in [3.63, 3.8) is 0 Å². The second-order valence-corrected chi connectivity index (χ2v) is 9.37. The predicted molar refractivity (Wildman–Crippen MR) is 125 cm³/mol. The number of carbonyl (C=O) groups is 2. The van der Waals surface area contributed by atoms with Crippen LogP contribution in [-0.2, 0) is 14.3 Å². The zero-order valence-electron chi connectivity index (χ0n) is 19.8. The number of nitrogens with zero attached hydrogens (tertiary/aromatic N) is 5. The number of carbonyl (C=O) groups excluding carboxylic acids is 2. The third-order valence-electron chi connectivity index (χ3n) is 6.78. The lowest BCUT2D eigenvalue weighted by Gasteiger charge is -2.29. The maximum Gasteiger partial charge on any atom is 0.409 e. The van der Waals surface area contributed by atoms with Gasteiger partial charge in [0.1, 0.15) is 17.7 Å². The Kier molecular flexibility index (Phi) is 6.65. The molecular weight excluding hydrogens is 470 g/mol. The Balaban J connectivity index is 1.29. The Morgan fingerprint density at radius 1 is 1.22 bits per heavy atom. The number of nitrogens with two attached hydrogens (primary N) is 1. The summed E-state index contributed by atoms with van der Waals surface area (Å²) in [6, 6.07) is 0.0904. The number of ether oxygens (including phenoxy) is 2. The molecule has 2 amide bonds. The fraction of sp³-hybridized carbons (Fsp3) is 0.609. The zero-order valence-corrected chi connectivity index (χ0v) is 19.8. The highest BCUT2D eigenvalue weighted by molar-refractivity contribution is 5.83. The van der Waals surface area contributed by atoms with Gasteiger partial charge in [-0.15, -0.1) is 0 Å². The first-order valence-electron chi connectivity index (χ1n) is 12.0. The molecule has 0 bridgehead atoms. The van der Waals surface area contributed by atoms with Gasteiger partial charge in [-0.3, -0.25) is 9.36 Å². The molecule has 36 heavy (non-hydrogen) atoms. The van der Waals surface area contributed by atoms with E-state index in [2.05, 4.69) is 32.1 Å². The van der Waals surface area contributed by atoms with Crippen LogP contribution in [0.1, 0.15) is 44.2 Å². The monoisotopic (exact) mass is 499 g/mol. The molecule has 2 saturated heterocycles. The summed E-state index contributed by atoms with van der Waals surface area (Å²) in [6.45, 7) is 1.26. The molecule has 0 spiro atoms. The number of aromatic nitrogens is 4. The standard InChI is InChI=1S/C23H29N7O6/c1-35-23(34)29-9-7-12(8-10-29)3-2-4-14-27-19(24)15-20(28-14)30(11-25-15)22-17(32)16(31)18(36-22)21(33)26-13-5-6-13/h11-13,16-18,22,31-32H,3,5-10H2,1H3,(H,26,33)(H2,24,27,28)/t16-,17?,18?,22?/m1/s1. The third-order valence-corrected chi connectivity index (χ3v) is 6.78. The number of fused-ring (bicyclic) bond motifs is 1. The molecule has 2 aliphatic heterocycles. The summed E-state index contributed by atoms with van der Waals surface area (Å²) in [5.74, 6) is 6.21. The predicted octanol–water partition coefficient (Wildman–Crippen LogP) is -0.474. The Bertz CT molecular complexity index is 1210. The van der Waals surface area contributed by atoms with Crippen LogP contribution < -0.4 is 11.1 Å². The molecular formula is C23H29N7O6. The summed E-state index contributed by atoms with van der Waals surface area (Å²) in [6.07, 6.45) is 0.0242. The maximum absolute atomic E-state index is 12.4. The molecule has 3 fully saturated rings. The van der Waals surface area contributed by atoms with Crippen molar-refractivity contribution in [1.82, 2.24) is 29.7 Å². The average Bonchev–Trinajstić information content (AvgIpc) is 3.51. The van der Waals surface area contributed by atoms with Crippen molar-refractivity contribution in [2.45, 2.75) is 62.7 Å². The molecule has 0 aromatic carbocycles. The first-order valence-corrected chi connectivity index (χ1v) is 12.0. The number of imidazole rings is 1. The summed E-state index contributed by atoms with van der Waals surface area (Å²) in [5, 5.41) is 23.8. The van der Waals surface area contributed by atoms with Gasteiger partial charge >= 0.3 is 6.09 Å². The molecule has 4 heterocycles. The van der Waals surface area contributed by atoms with Gasteiger partial charge in [0.05, 0.1) is 13.4 Å². The molecule has 3 unspecified atom stereocenters. The van der Waals surface area contributed by atoms with Crippen LogP contribution in [0, 0.1) is 17.8 Å². The van der Waals surface area contributed by atoms with Crippen LogP contribution in [0.4, 0.5) is 10.6 Å². The number of methoxy groups -OCH3 is 1. The van der Waals surface area contributed by atoms with E-state index in [1.165, 1.54) is 18.0 Å². The minimum atomic E-state index is -1.41. The molecule has 0 radical (unpaired) electrons. The van der Waals surface area contributed by atoms with Gasteiger partial charge in [-0.1, -0.05) is 5.92 Å². The second kappa shape index (κ2) is 9.88. The summed E-state index contributed by atoms with van der Waals surface area (Å²) in [5.41, 5.74) is 6.65. The Morgan fingerprint density at radius 3 is 2.67 bits per heavy atom. The van der Waals surface area contributed by atoms with E-state index in [0.717, 1.165) is 25.7 Å². The number of nitrogen functional groups attached to an aromatic ring is 1. The number of aliphatic hydroxyl groups excluding tert-OH is 2. The number of hydrogen-bond acceptors (Lipinski definition) is 10. The van der Waals surface area contributed by atoms with Gasteiger partial charge in [-0.2, -0.15) is 0 Å². The molecule has 1 saturated carbocycles. The number of piperidine rings is 1. The summed E-state index contributed by atoms with van der Waals surface area (Å²) in [4.78, 5) is 38.6. The van der Waals surface area contributed by atoms with Gasteiger partial charge in [-0.25, -0.2) is 19.7 Å². The van der Waals surface area contributed by atoms with Crippen LogP contribution in [0.5, 0.6) is 0 Å². The van der Waals surface area contributed by atoms with Crippen molar-refractivity contribution in [2.24, 2.45) is 5.92 Å². The van der Waals surface area contributed by atoms with Crippen LogP contribution in [0.2, 0.25) is 0 Å². The minimum Gasteiger partial charge on any atom is -0.453 e. The van der Waals surface area contributed by atoms with Gasteiger partial charge in [0, 0.05) is 25.6 Å². The number of anilines is 1. The molecule has 4 atom stereocenters. The van der Waals surface area contributed by atoms with Crippen molar-refractivity contribution in [2.75, 3.05) is 25.9 Å². The molecule has 13 heteroatoms. The Hall–Kier alpha value is -3.47. The quantitative estimate of drug-likeness (QED) is 0.402. The van der Waals surface area contributed by atoms with Crippen LogP contribution in [0.15, 0.2) is 6.33 Å². The first kappa shape index (κ1) is 24.2. The van der Waals surface area contributed by atoms with E-state index in [-0.39, 0.29) is 29.4 Å². The minimum absolute atomic E-state index is 0.0904. The molecule has 13 nitrogen and oxygen atoms in total. The van der Waals surface area contributed by atoms with Crippen molar-refractivity contribution in [3.05, 3.63) is 12.2 Å². The largest absolute Gasteiger partial charge is 0.453 e. The van der Waals surface area contributed by atoms with E-state index in [4.69, 9.17) is 15.2 Å². The maximum atomic E-state index is 12.4. The van der Waals surface area contributed by atoms with E-state index in [1.807, 2.05) is 0 Å². The van der Waals surface area contributed by atoms with Crippen LogP contribution in [0.25, 0.3) is 11.2 Å². The van der Waals surface area contributed by atoms with E-state index in [1.54, 1.807) is 4.90 Å². The lowest BCUT2D eigenvalue weighted by Crippen LogP contribution is -2.43. The van der Waals surface area contributed by atoms with Crippen molar-refractivity contribution < 1.29 is 29.3 Å². The average molecular weight is 500 g/mol. The smallest absolute Gasteiger partial charge is 0.409 e. The SMILES string of the molecule is COC(=O)N1CCC(CC#Cc2nc(N)c3ncn(C4OC(C(=O)NC5CC5)[C@H](O)C4O)c3n2)CC1. The van der Waals surface area contributed by atoms with Gasteiger partial charge < -0.3 is 35.6 Å². The molecule has 2 aromatic rings. The van der Waals surface area contributed by atoms with Crippen molar-refractivity contribution in [3.8, 4) is 11.8 Å². The van der Waals surface area contributed by atoms with E-state index >= 15 is 0 Å². The van der Waals surface area contributed by atoms with Crippen molar-refractivity contribution >= 4 is 29.0 Å². The lowest BCUT2D eigenvalue weighted by atomic mass is 9.94. The molecule has 192 valence electrons. The van der Waals surface area contributed by atoms with E-state index in [9.17, 15) is 19.8 Å². The summed E-state index contributed by atoms with van der Waals surface area (Å²) < 4.78 is 11.9. The van der Waals surface area contributed by atoms with Crippen LogP contribution >= 0.6 is 0 Å². The highest BCUT2D eigenvalue weighted by atomic mass is 16.6. The van der Waals surface area contributed by atoms with Crippen LogP contribution in [0.3, 0.4) is 0 Å². The number of rotatable bonds is 4. The first-order chi connectivity index (χ1) is 17.4. The normalized spacial score (nSPS) is 26.5. The Morgan fingerprint density at radius 2 is 1.97 bits per heavy atom. The molecule has 2 aromatic heterocycles. The number of nitrogens with one attached hydrogen (secondary N) is 1.